The SMILES string of the molecule is Cc1cc(C)c(NC(=O)[C@H](C)OC(=O)c2ccccc2Cl)c(C)c1. The summed E-state index contributed by atoms with van der Waals surface area (Å²) in [5.74, 6) is -1.01. The first-order valence-electron chi connectivity index (χ1n) is 7.64. The zero-order chi connectivity index (χ0) is 17.9. The summed E-state index contributed by atoms with van der Waals surface area (Å²) in [4.78, 5) is 24.5. The van der Waals surface area contributed by atoms with Gasteiger partial charge in [-0.1, -0.05) is 41.4 Å². The van der Waals surface area contributed by atoms with Crippen molar-refractivity contribution in [3.05, 3.63) is 63.7 Å². The molecular formula is C19H20ClNO3. The van der Waals surface area contributed by atoms with E-state index in [0.29, 0.717) is 5.02 Å². The van der Waals surface area contributed by atoms with Crippen LogP contribution >= 0.6 is 11.6 Å². The number of ether oxygens (including phenoxy) is 1. The summed E-state index contributed by atoms with van der Waals surface area (Å²) in [7, 11) is 0. The van der Waals surface area contributed by atoms with Gasteiger partial charge < -0.3 is 10.1 Å². The van der Waals surface area contributed by atoms with Gasteiger partial charge in [-0.2, -0.15) is 0 Å². The second kappa shape index (κ2) is 7.49. The van der Waals surface area contributed by atoms with Gasteiger partial charge in [0.05, 0.1) is 10.6 Å². The molecule has 2 aromatic carbocycles. The van der Waals surface area contributed by atoms with Gasteiger partial charge in [0.25, 0.3) is 5.91 Å². The number of halogens is 1. The molecular weight excluding hydrogens is 326 g/mol. The minimum atomic E-state index is -0.936. The number of rotatable bonds is 4. The molecule has 0 radical (unpaired) electrons. The Kier molecular flexibility index (Phi) is 5.62. The van der Waals surface area contributed by atoms with Crippen LogP contribution in [0.5, 0.6) is 0 Å². The molecule has 1 atom stereocenters. The number of carbonyl (C=O) groups is 2. The molecule has 0 fully saturated rings. The Morgan fingerprint density at radius 1 is 1.08 bits per heavy atom. The highest BCUT2D eigenvalue weighted by molar-refractivity contribution is 6.33. The Morgan fingerprint density at radius 3 is 2.25 bits per heavy atom. The summed E-state index contributed by atoms with van der Waals surface area (Å²) < 4.78 is 5.22. The van der Waals surface area contributed by atoms with Gasteiger partial charge in [-0.25, -0.2) is 4.79 Å². The monoisotopic (exact) mass is 345 g/mol. The molecule has 2 rings (SSSR count). The van der Waals surface area contributed by atoms with Crippen LogP contribution in [-0.2, 0) is 9.53 Å². The van der Waals surface area contributed by atoms with Crippen molar-refractivity contribution in [2.75, 3.05) is 5.32 Å². The normalized spacial score (nSPS) is 11.7. The fraction of sp³-hybridized carbons (Fsp3) is 0.263. The molecule has 0 saturated carbocycles. The van der Waals surface area contributed by atoms with Crippen LogP contribution < -0.4 is 5.32 Å². The van der Waals surface area contributed by atoms with Crippen LogP contribution in [0.3, 0.4) is 0 Å². The summed E-state index contributed by atoms with van der Waals surface area (Å²) in [6.45, 7) is 7.38. The number of hydrogen-bond acceptors (Lipinski definition) is 3. The molecule has 0 aromatic heterocycles. The number of amides is 1. The van der Waals surface area contributed by atoms with Crippen molar-refractivity contribution in [1.82, 2.24) is 0 Å². The predicted molar refractivity (Wildman–Crippen MR) is 95.6 cm³/mol. The Labute approximate surface area is 146 Å². The van der Waals surface area contributed by atoms with Crippen molar-refractivity contribution in [2.45, 2.75) is 33.8 Å². The number of anilines is 1. The van der Waals surface area contributed by atoms with Crippen LogP contribution in [0.1, 0.15) is 34.0 Å². The van der Waals surface area contributed by atoms with Gasteiger partial charge in [-0.05, 0) is 51.0 Å². The van der Waals surface area contributed by atoms with Crippen molar-refractivity contribution >= 4 is 29.2 Å². The molecule has 1 N–H and O–H groups in total. The second-order valence-corrected chi connectivity index (χ2v) is 6.20. The fourth-order valence-corrected chi connectivity index (χ4v) is 2.72. The van der Waals surface area contributed by atoms with Crippen molar-refractivity contribution in [2.24, 2.45) is 0 Å². The average Bonchev–Trinajstić information content (AvgIpc) is 2.50. The van der Waals surface area contributed by atoms with E-state index in [1.807, 2.05) is 32.9 Å². The van der Waals surface area contributed by atoms with Gasteiger partial charge in [0.2, 0.25) is 0 Å². The summed E-state index contributed by atoms with van der Waals surface area (Å²) in [5, 5.41) is 3.12. The number of carbonyl (C=O) groups excluding carboxylic acids is 2. The molecule has 0 unspecified atom stereocenters. The van der Waals surface area contributed by atoms with E-state index < -0.39 is 12.1 Å². The second-order valence-electron chi connectivity index (χ2n) is 5.79. The molecule has 5 heteroatoms. The van der Waals surface area contributed by atoms with Crippen molar-refractivity contribution in [1.29, 1.82) is 0 Å². The van der Waals surface area contributed by atoms with Crippen LogP contribution in [-0.4, -0.2) is 18.0 Å². The van der Waals surface area contributed by atoms with Crippen LogP contribution in [0.15, 0.2) is 36.4 Å². The predicted octanol–water partition coefficient (Wildman–Crippen LogP) is 4.45. The lowest BCUT2D eigenvalue weighted by atomic mass is 10.0. The highest BCUT2D eigenvalue weighted by atomic mass is 35.5. The number of aryl methyl sites for hydroxylation is 3. The van der Waals surface area contributed by atoms with Gasteiger partial charge in [0.1, 0.15) is 0 Å². The first-order chi connectivity index (χ1) is 11.3. The molecule has 0 bridgehead atoms. The molecule has 1 amide bonds. The molecule has 0 aliphatic heterocycles. The van der Waals surface area contributed by atoms with E-state index in [0.717, 1.165) is 22.4 Å². The molecule has 0 saturated heterocycles. The van der Waals surface area contributed by atoms with Crippen molar-refractivity contribution < 1.29 is 14.3 Å². The highest BCUT2D eigenvalue weighted by Gasteiger charge is 2.21. The Morgan fingerprint density at radius 2 is 1.67 bits per heavy atom. The first kappa shape index (κ1) is 18.0. The molecule has 0 heterocycles. The third kappa shape index (κ3) is 4.15. The smallest absolute Gasteiger partial charge is 0.340 e. The Balaban J connectivity index is 2.08. The van der Waals surface area contributed by atoms with E-state index in [4.69, 9.17) is 16.3 Å². The van der Waals surface area contributed by atoms with Gasteiger partial charge in [0, 0.05) is 5.69 Å². The molecule has 4 nitrogen and oxygen atoms in total. The van der Waals surface area contributed by atoms with Crippen molar-refractivity contribution in [3.63, 3.8) is 0 Å². The maximum atomic E-state index is 12.3. The minimum Gasteiger partial charge on any atom is -0.449 e. The van der Waals surface area contributed by atoms with Gasteiger partial charge >= 0.3 is 5.97 Å². The van der Waals surface area contributed by atoms with Crippen LogP contribution in [0.4, 0.5) is 5.69 Å². The minimum absolute atomic E-state index is 0.238. The van der Waals surface area contributed by atoms with E-state index in [-0.39, 0.29) is 11.5 Å². The lowest BCUT2D eigenvalue weighted by Gasteiger charge is -2.17. The van der Waals surface area contributed by atoms with E-state index >= 15 is 0 Å². The number of esters is 1. The highest BCUT2D eigenvalue weighted by Crippen LogP contribution is 2.22. The van der Waals surface area contributed by atoms with E-state index in [1.165, 1.54) is 6.92 Å². The molecule has 0 aliphatic rings. The zero-order valence-electron chi connectivity index (χ0n) is 14.1. The quantitative estimate of drug-likeness (QED) is 0.833. The molecule has 0 spiro atoms. The fourth-order valence-electron chi connectivity index (χ4n) is 2.51. The van der Waals surface area contributed by atoms with Gasteiger partial charge in [-0.15, -0.1) is 0 Å². The third-order valence-electron chi connectivity index (χ3n) is 3.67. The number of hydrogen-bond donors (Lipinski definition) is 1. The topological polar surface area (TPSA) is 55.4 Å². The molecule has 0 aliphatic carbocycles. The average molecular weight is 346 g/mol. The van der Waals surface area contributed by atoms with Crippen molar-refractivity contribution in [3.8, 4) is 0 Å². The summed E-state index contributed by atoms with van der Waals surface area (Å²) >= 11 is 5.97. The third-order valence-corrected chi connectivity index (χ3v) is 4.00. The Bertz CT molecular complexity index is 763. The number of nitrogens with one attached hydrogen (secondary N) is 1. The lowest BCUT2D eigenvalue weighted by molar-refractivity contribution is -0.123. The summed E-state index contributed by atoms with van der Waals surface area (Å²) in [5.41, 5.74) is 4.03. The van der Waals surface area contributed by atoms with Crippen LogP contribution in [0, 0.1) is 20.8 Å². The van der Waals surface area contributed by atoms with E-state index in [9.17, 15) is 9.59 Å². The van der Waals surface area contributed by atoms with Gasteiger partial charge in [-0.3, -0.25) is 4.79 Å². The van der Waals surface area contributed by atoms with Crippen LogP contribution in [0.25, 0.3) is 0 Å². The standard InChI is InChI=1S/C19H20ClNO3/c1-11-9-12(2)17(13(3)10-11)21-18(22)14(4)24-19(23)15-7-5-6-8-16(15)20/h5-10,14H,1-4H3,(H,21,22)/t14-/m0/s1. The Hall–Kier alpha value is -2.33. The first-order valence-corrected chi connectivity index (χ1v) is 8.01. The zero-order valence-corrected chi connectivity index (χ0v) is 14.9. The maximum Gasteiger partial charge on any atom is 0.340 e. The summed E-state index contributed by atoms with van der Waals surface area (Å²) in [6.07, 6.45) is -0.936. The largest absolute Gasteiger partial charge is 0.449 e. The molecule has 24 heavy (non-hydrogen) atoms. The summed E-state index contributed by atoms with van der Waals surface area (Å²) in [6, 6.07) is 10.5. The lowest BCUT2D eigenvalue weighted by Crippen LogP contribution is -2.30. The van der Waals surface area contributed by atoms with Gasteiger partial charge in [0.15, 0.2) is 6.10 Å². The maximum absolute atomic E-state index is 12.3. The number of benzene rings is 2. The van der Waals surface area contributed by atoms with Crippen LogP contribution in [0.2, 0.25) is 5.02 Å². The van der Waals surface area contributed by atoms with E-state index in [2.05, 4.69) is 5.32 Å². The van der Waals surface area contributed by atoms with E-state index in [1.54, 1.807) is 24.3 Å². The molecule has 126 valence electrons. The molecule has 2 aromatic rings.